The van der Waals surface area contributed by atoms with Crippen molar-refractivity contribution in [2.24, 2.45) is 0 Å². The molecule has 0 bridgehead atoms. The first kappa shape index (κ1) is 14.2. The van der Waals surface area contributed by atoms with Gasteiger partial charge in [0.1, 0.15) is 5.52 Å². The number of hydrogen-bond donors (Lipinski definition) is 1. The number of benzene rings is 1. The molecule has 7 heteroatoms. The van der Waals surface area contributed by atoms with Crippen molar-refractivity contribution in [3.8, 4) is 0 Å². The molecule has 0 unspecified atom stereocenters. The largest absolute Gasteiger partial charge is 0.346 e. The van der Waals surface area contributed by atoms with Crippen LogP contribution < -0.4 is 5.32 Å². The summed E-state index contributed by atoms with van der Waals surface area (Å²) in [5, 5.41) is 11.4. The second-order valence-corrected chi connectivity index (χ2v) is 5.76. The third-order valence-electron chi connectivity index (χ3n) is 3.67. The molecule has 1 aromatic heterocycles. The Bertz CT molecular complexity index is 669. The van der Waals surface area contributed by atoms with E-state index in [1.54, 1.807) is 18.2 Å². The van der Waals surface area contributed by atoms with E-state index in [1.807, 2.05) is 0 Å². The molecule has 0 saturated carbocycles. The smallest absolute Gasteiger partial charge is 0.291 e. The first-order chi connectivity index (χ1) is 10.1. The molecule has 0 radical (unpaired) electrons. The molecule has 0 aliphatic carbocycles. The van der Waals surface area contributed by atoms with Gasteiger partial charge in [-0.15, -0.1) is 10.2 Å². The summed E-state index contributed by atoms with van der Waals surface area (Å²) >= 11 is 5.93. The van der Waals surface area contributed by atoms with Gasteiger partial charge in [-0.2, -0.15) is 0 Å². The average molecular weight is 306 g/mol. The zero-order chi connectivity index (χ0) is 14.8. The van der Waals surface area contributed by atoms with Crippen LogP contribution in [0.25, 0.3) is 11.0 Å². The lowest BCUT2D eigenvalue weighted by molar-refractivity contribution is 0.0905. The molecule has 2 heterocycles. The highest BCUT2D eigenvalue weighted by molar-refractivity contribution is 6.31. The van der Waals surface area contributed by atoms with Crippen LogP contribution in [0, 0.1) is 0 Å². The van der Waals surface area contributed by atoms with Gasteiger partial charge in [-0.05, 0) is 51.2 Å². The Morgan fingerprint density at radius 1 is 1.29 bits per heavy atom. The van der Waals surface area contributed by atoms with Crippen LogP contribution in [0.1, 0.15) is 23.5 Å². The highest BCUT2D eigenvalue weighted by Gasteiger charge is 2.20. The summed E-state index contributed by atoms with van der Waals surface area (Å²) in [6, 6.07) is 5.31. The molecule has 3 rings (SSSR count). The van der Waals surface area contributed by atoms with Crippen molar-refractivity contribution in [1.29, 1.82) is 0 Å². The molecular formula is C14H16ClN5O. The monoisotopic (exact) mass is 305 g/mol. The minimum Gasteiger partial charge on any atom is -0.346 e. The Kier molecular flexibility index (Phi) is 3.98. The predicted molar refractivity (Wildman–Crippen MR) is 80.3 cm³/mol. The molecule has 21 heavy (non-hydrogen) atoms. The topological polar surface area (TPSA) is 71.0 Å². The minimum absolute atomic E-state index is 0.0868. The minimum atomic E-state index is -0.279. The fourth-order valence-corrected chi connectivity index (χ4v) is 2.57. The number of nitrogens with one attached hydrogen (secondary N) is 1. The molecule has 1 aliphatic rings. The molecule has 1 N–H and O–H groups in total. The number of nitrogens with zero attached hydrogens (tertiary/aromatic N) is 4. The third-order valence-corrected chi connectivity index (χ3v) is 3.91. The van der Waals surface area contributed by atoms with E-state index in [9.17, 15) is 4.79 Å². The summed E-state index contributed by atoms with van der Waals surface area (Å²) in [5.74, 6) is -0.192. The van der Waals surface area contributed by atoms with E-state index < -0.39 is 0 Å². The summed E-state index contributed by atoms with van der Waals surface area (Å²) in [4.78, 5) is 18.7. The van der Waals surface area contributed by atoms with Crippen molar-refractivity contribution in [3.05, 3.63) is 29.0 Å². The van der Waals surface area contributed by atoms with Gasteiger partial charge in [-0.1, -0.05) is 11.6 Å². The number of halogens is 1. The Hall–Kier alpha value is -1.79. The number of fused-ring (bicyclic) bond motifs is 1. The molecular weight excluding hydrogens is 290 g/mol. The maximum Gasteiger partial charge on any atom is 0.291 e. The molecule has 6 nitrogen and oxygen atoms in total. The first-order valence-electron chi connectivity index (χ1n) is 6.91. The van der Waals surface area contributed by atoms with Gasteiger partial charge >= 0.3 is 0 Å². The number of likely N-dealkylation sites (tertiary alicyclic amines) is 1. The van der Waals surface area contributed by atoms with Crippen molar-refractivity contribution in [3.63, 3.8) is 0 Å². The van der Waals surface area contributed by atoms with Gasteiger partial charge in [0, 0.05) is 11.1 Å². The molecule has 110 valence electrons. The lowest BCUT2D eigenvalue weighted by Gasteiger charge is -2.29. The van der Waals surface area contributed by atoms with Crippen molar-refractivity contribution in [2.75, 3.05) is 20.1 Å². The molecule has 0 atom stereocenters. The quantitative estimate of drug-likeness (QED) is 0.910. The fourth-order valence-electron chi connectivity index (χ4n) is 2.41. The second-order valence-electron chi connectivity index (χ2n) is 5.32. The molecule has 1 saturated heterocycles. The van der Waals surface area contributed by atoms with Crippen LogP contribution in [0.4, 0.5) is 0 Å². The number of piperidine rings is 1. The standard InChI is InChI=1S/C14H16ClN5O/c1-20-6-4-10(5-7-20)16-14(21)13-17-12-8-9(15)2-3-11(12)18-19-13/h2-3,8,10H,4-7H2,1H3,(H,16,21). The number of rotatable bonds is 2. The van der Waals surface area contributed by atoms with Crippen LogP contribution in [0.2, 0.25) is 5.02 Å². The zero-order valence-corrected chi connectivity index (χ0v) is 12.5. The summed E-state index contributed by atoms with van der Waals surface area (Å²) in [6.07, 6.45) is 1.88. The molecule has 1 amide bonds. The van der Waals surface area contributed by atoms with Crippen molar-refractivity contribution < 1.29 is 4.79 Å². The van der Waals surface area contributed by atoms with Gasteiger partial charge in [-0.3, -0.25) is 4.79 Å². The SMILES string of the molecule is CN1CCC(NC(=O)c2nnc3ccc(Cl)cc3n2)CC1. The van der Waals surface area contributed by atoms with Gasteiger partial charge in [0.25, 0.3) is 5.91 Å². The average Bonchev–Trinajstić information content (AvgIpc) is 2.48. The lowest BCUT2D eigenvalue weighted by Crippen LogP contribution is -2.43. The summed E-state index contributed by atoms with van der Waals surface area (Å²) < 4.78 is 0. The molecule has 1 fully saturated rings. The normalized spacial score (nSPS) is 17.0. The number of amides is 1. The van der Waals surface area contributed by atoms with E-state index in [2.05, 4.69) is 32.4 Å². The van der Waals surface area contributed by atoms with E-state index in [4.69, 9.17) is 11.6 Å². The zero-order valence-electron chi connectivity index (χ0n) is 11.7. The van der Waals surface area contributed by atoms with E-state index in [0.717, 1.165) is 25.9 Å². The molecule has 2 aromatic rings. The first-order valence-corrected chi connectivity index (χ1v) is 7.29. The van der Waals surface area contributed by atoms with Gasteiger partial charge in [-0.25, -0.2) is 4.98 Å². The number of carbonyl (C=O) groups excluding carboxylic acids is 1. The van der Waals surface area contributed by atoms with Gasteiger partial charge in [0.2, 0.25) is 5.82 Å². The maximum absolute atomic E-state index is 12.2. The van der Waals surface area contributed by atoms with Crippen LogP contribution in [0.3, 0.4) is 0 Å². The van der Waals surface area contributed by atoms with Crippen LogP contribution in [0.15, 0.2) is 18.2 Å². The van der Waals surface area contributed by atoms with Crippen molar-refractivity contribution in [2.45, 2.75) is 18.9 Å². The van der Waals surface area contributed by atoms with Crippen molar-refractivity contribution >= 4 is 28.5 Å². The summed E-state index contributed by atoms with van der Waals surface area (Å²) in [5.41, 5.74) is 1.20. The Balaban J connectivity index is 1.75. The van der Waals surface area contributed by atoms with Crippen molar-refractivity contribution in [1.82, 2.24) is 25.4 Å². The van der Waals surface area contributed by atoms with E-state index in [1.165, 1.54) is 0 Å². The number of carbonyl (C=O) groups is 1. The van der Waals surface area contributed by atoms with Gasteiger partial charge in [0.15, 0.2) is 0 Å². The van der Waals surface area contributed by atoms with Crippen LogP contribution in [-0.2, 0) is 0 Å². The third kappa shape index (κ3) is 3.28. The Morgan fingerprint density at radius 2 is 2.05 bits per heavy atom. The molecule has 1 aromatic carbocycles. The summed E-state index contributed by atoms with van der Waals surface area (Å²) in [6.45, 7) is 1.97. The predicted octanol–water partition coefficient (Wildman–Crippen LogP) is 1.50. The molecule has 1 aliphatic heterocycles. The van der Waals surface area contributed by atoms with Crippen LogP contribution in [-0.4, -0.2) is 52.2 Å². The van der Waals surface area contributed by atoms with Gasteiger partial charge < -0.3 is 10.2 Å². The Labute approximate surface area is 127 Å². The number of hydrogen-bond acceptors (Lipinski definition) is 5. The van der Waals surface area contributed by atoms with Crippen LogP contribution in [0.5, 0.6) is 0 Å². The van der Waals surface area contributed by atoms with E-state index >= 15 is 0 Å². The highest BCUT2D eigenvalue weighted by Crippen LogP contribution is 2.15. The summed E-state index contributed by atoms with van der Waals surface area (Å²) in [7, 11) is 2.08. The van der Waals surface area contributed by atoms with E-state index in [0.29, 0.717) is 16.1 Å². The second kappa shape index (κ2) is 5.91. The Morgan fingerprint density at radius 3 is 2.81 bits per heavy atom. The lowest BCUT2D eigenvalue weighted by atomic mass is 10.1. The maximum atomic E-state index is 12.2. The highest BCUT2D eigenvalue weighted by atomic mass is 35.5. The number of aromatic nitrogens is 3. The van der Waals surface area contributed by atoms with Crippen LogP contribution >= 0.6 is 11.6 Å². The van der Waals surface area contributed by atoms with E-state index in [-0.39, 0.29) is 17.8 Å². The molecule has 0 spiro atoms. The fraction of sp³-hybridized carbons (Fsp3) is 0.429. The van der Waals surface area contributed by atoms with Gasteiger partial charge in [0.05, 0.1) is 5.52 Å².